The van der Waals surface area contributed by atoms with E-state index < -0.39 is 0 Å². The zero-order valence-electron chi connectivity index (χ0n) is 12.6. The Balaban J connectivity index is 2.12. The van der Waals surface area contributed by atoms with Crippen LogP contribution in [0, 0.1) is 5.92 Å². The maximum atomic E-state index is 5.70. The first-order chi connectivity index (χ1) is 9.51. The molecule has 0 aromatic heterocycles. The standard InChI is InChI=1S/C16H24N2OS/c1-11(2)18(9-12-4-5-12)10-13-6-7-14(16(17)20)15(8-13)19-3/h6-8,11-12H,4-5,9-10H2,1-3H3,(H2,17,20). The van der Waals surface area contributed by atoms with Gasteiger partial charge < -0.3 is 10.5 Å². The number of hydrogen-bond acceptors (Lipinski definition) is 3. The van der Waals surface area contributed by atoms with Crippen LogP contribution in [-0.2, 0) is 6.54 Å². The van der Waals surface area contributed by atoms with Crippen molar-refractivity contribution in [3.05, 3.63) is 29.3 Å². The Labute approximate surface area is 127 Å². The maximum absolute atomic E-state index is 5.70. The molecule has 0 atom stereocenters. The topological polar surface area (TPSA) is 38.5 Å². The van der Waals surface area contributed by atoms with E-state index >= 15 is 0 Å². The molecular formula is C16H24N2OS. The fraction of sp³-hybridized carbons (Fsp3) is 0.562. The van der Waals surface area contributed by atoms with E-state index in [0.29, 0.717) is 11.0 Å². The molecule has 1 aliphatic carbocycles. The predicted molar refractivity (Wildman–Crippen MR) is 87.2 cm³/mol. The lowest BCUT2D eigenvalue weighted by molar-refractivity contribution is 0.203. The molecule has 1 aromatic carbocycles. The van der Waals surface area contributed by atoms with Crippen LogP contribution in [0.15, 0.2) is 18.2 Å². The van der Waals surface area contributed by atoms with E-state index in [-0.39, 0.29) is 0 Å². The minimum atomic E-state index is 0.382. The molecule has 4 heteroatoms. The lowest BCUT2D eigenvalue weighted by Crippen LogP contribution is -2.32. The highest BCUT2D eigenvalue weighted by atomic mass is 32.1. The summed E-state index contributed by atoms with van der Waals surface area (Å²) in [5.41, 5.74) is 7.76. The van der Waals surface area contributed by atoms with Crippen LogP contribution in [0.3, 0.4) is 0 Å². The third-order valence-electron chi connectivity index (χ3n) is 3.84. The van der Waals surface area contributed by atoms with Crippen molar-refractivity contribution in [2.75, 3.05) is 13.7 Å². The van der Waals surface area contributed by atoms with Gasteiger partial charge in [0.1, 0.15) is 10.7 Å². The van der Waals surface area contributed by atoms with Crippen molar-refractivity contribution < 1.29 is 4.74 Å². The summed E-state index contributed by atoms with van der Waals surface area (Å²) in [6.07, 6.45) is 2.76. The molecule has 0 unspecified atom stereocenters. The third-order valence-corrected chi connectivity index (χ3v) is 4.06. The van der Waals surface area contributed by atoms with Crippen LogP contribution in [0.5, 0.6) is 5.75 Å². The van der Waals surface area contributed by atoms with Crippen molar-refractivity contribution >= 4 is 17.2 Å². The Morgan fingerprint density at radius 3 is 2.65 bits per heavy atom. The lowest BCUT2D eigenvalue weighted by Gasteiger charge is -2.26. The monoisotopic (exact) mass is 292 g/mol. The molecule has 0 bridgehead atoms. The van der Waals surface area contributed by atoms with Crippen LogP contribution < -0.4 is 10.5 Å². The maximum Gasteiger partial charge on any atom is 0.129 e. The molecule has 1 saturated carbocycles. The molecule has 1 aliphatic rings. The first kappa shape index (κ1) is 15.3. The van der Waals surface area contributed by atoms with Crippen LogP contribution in [0.25, 0.3) is 0 Å². The van der Waals surface area contributed by atoms with E-state index in [9.17, 15) is 0 Å². The minimum absolute atomic E-state index is 0.382. The van der Waals surface area contributed by atoms with Crippen LogP contribution in [0.4, 0.5) is 0 Å². The fourth-order valence-electron chi connectivity index (χ4n) is 2.36. The van der Waals surface area contributed by atoms with Crippen LogP contribution in [0.2, 0.25) is 0 Å². The van der Waals surface area contributed by atoms with Gasteiger partial charge in [0.2, 0.25) is 0 Å². The second-order valence-corrected chi connectivity index (χ2v) is 6.31. The Kier molecular flexibility index (Phi) is 5.00. The van der Waals surface area contributed by atoms with Crippen LogP contribution in [0.1, 0.15) is 37.8 Å². The molecule has 20 heavy (non-hydrogen) atoms. The molecule has 0 saturated heterocycles. The first-order valence-electron chi connectivity index (χ1n) is 7.22. The predicted octanol–water partition coefficient (Wildman–Crippen LogP) is 2.95. The van der Waals surface area contributed by atoms with E-state index in [1.807, 2.05) is 6.07 Å². The van der Waals surface area contributed by atoms with Gasteiger partial charge in [-0.05, 0) is 50.3 Å². The average molecular weight is 292 g/mol. The highest BCUT2D eigenvalue weighted by Gasteiger charge is 2.25. The summed E-state index contributed by atoms with van der Waals surface area (Å²) < 4.78 is 5.40. The van der Waals surface area contributed by atoms with Gasteiger partial charge in [0, 0.05) is 19.1 Å². The SMILES string of the molecule is COc1cc(CN(CC2CC2)C(C)C)ccc1C(N)=S. The lowest BCUT2D eigenvalue weighted by atomic mass is 10.1. The molecule has 2 rings (SSSR count). The van der Waals surface area contributed by atoms with E-state index in [1.54, 1.807) is 7.11 Å². The highest BCUT2D eigenvalue weighted by Crippen LogP contribution is 2.31. The zero-order valence-corrected chi connectivity index (χ0v) is 13.4. The zero-order chi connectivity index (χ0) is 14.7. The molecule has 0 aliphatic heterocycles. The Bertz CT molecular complexity index is 483. The second-order valence-electron chi connectivity index (χ2n) is 5.87. The molecule has 2 N–H and O–H groups in total. The van der Waals surface area contributed by atoms with Crippen molar-refractivity contribution in [2.45, 2.75) is 39.3 Å². The average Bonchev–Trinajstić information content (AvgIpc) is 3.21. The Morgan fingerprint density at radius 2 is 2.15 bits per heavy atom. The summed E-state index contributed by atoms with van der Waals surface area (Å²) in [4.78, 5) is 2.90. The largest absolute Gasteiger partial charge is 0.496 e. The third kappa shape index (κ3) is 3.93. The minimum Gasteiger partial charge on any atom is -0.496 e. The molecule has 0 radical (unpaired) electrons. The molecule has 0 amide bonds. The van der Waals surface area contributed by atoms with Crippen molar-refractivity contribution in [3.8, 4) is 5.75 Å². The van der Waals surface area contributed by atoms with Crippen molar-refractivity contribution in [1.29, 1.82) is 0 Å². The van der Waals surface area contributed by atoms with Gasteiger partial charge in [-0.25, -0.2) is 0 Å². The summed E-state index contributed by atoms with van der Waals surface area (Å²) in [6.45, 7) is 6.64. The van der Waals surface area contributed by atoms with Gasteiger partial charge in [0.15, 0.2) is 0 Å². The van der Waals surface area contributed by atoms with Gasteiger partial charge in [-0.15, -0.1) is 0 Å². The summed E-state index contributed by atoms with van der Waals surface area (Å²) >= 11 is 5.04. The number of nitrogens with zero attached hydrogens (tertiary/aromatic N) is 1. The van der Waals surface area contributed by atoms with Gasteiger partial charge in [0.05, 0.1) is 12.7 Å². The van der Waals surface area contributed by atoms with E-state index in [0.717, 1.165) is 23.8 Å². The van der Waals surface area contributed by atoms with E-state index in [4.69, 9.17) is 22.7 Å². The molecule has 3 nitrogen and oxygen atoms in total. The fourth-order valence-corrected chi connectivity index (χ4v) is 2.53. The Hall–Kier alpha value is -1.13. The Morgan fingerprint density at radius 1 is 1.45 bits per heavy atom. The number of benzene rings is 1. The number of rotatable bonds is 7. The van der Waals surface area contributed by atoms with E-state index in [2.05, 4.69) is 30.9 Å². The second kappa shape index (κ2) is 6.55. The number of methoxy groups -OCH3 is 1. The number of thiocarbonyl (C=S) groups is 1. The summed E-state index contributed by atoms with van der Waals surface area (Å²) in [7, 11) is 1.66. The molecule has 0 heterocycles. The smallest absolute Gasteiger partial charge is 0.129 e. The quantitative estimate of drug-likeness (QED) is 0.784. The van der Waals surface area contributed by atoms with Gasteiger partial charge in [0.25, 0.3) is 0 Å². The van der Waals surface area contributed by atoms with Gasteiger partial charge in [-0.3, -0.25) is 4.90 Å². The molecule has 1 fully saturated rings. The van der Waals surface area contributed by atoms with Gasteiger partial charge >= 0.3 is 0 Å². The van der Waals surface area contributed by atoms with Crippen molar-refractivity contribution in [1.82, 2.24) is 4.90 Å². The molecular weight excluding hydrogens is 268 g/mol. The van der Waals surface area contributed by atoms with Crippen molar-refractivity contribution in [2.24, 2.45) is 11.7 Å². The summed E-state index contributed by atoms with van der Waals surface area (Å²) in [5, 5.41) is 0. The molecule has 1 aromatic rings. The van der Waals surface area contributed by atoms with Gasteiger partial charge in [-0.2, -0.15) is 0 Å². The van der Waals surface area contributed by atoms with Gasteiger partial charge in [-0.1, -0.05) is 18.3 Å². The number of hydrogen-bond donors (Lipinski definition) is 1. The van der Waals surface area contributed by atoms with Crippen LogP contribution >= 0.6 is 12.2 Å². The van der Waals surface area contributed by atoms with E-state index in [1.165, 1.54) is 24.9 Å². The number of ether oxygens (including phenoxy) is 1. The first-order valence-corrected chi connectivity index (χ1v) is 7.63. The summed E-state index contributed by atoms with van der Waals surface area (Å²) in [6, 6.07) is 6.67. The van der Waals surface area contributed by atoms with Crippen molar-refractivity contribution in [3.63, 3.8) is 0 Å². The number of nitrogens with two attached hydrogens (primary N) is 1. The normalized spacial score (nSPS) is 14.8. The highest BCUT2D eigenvalue weighted by molar-refractivity contribution is 7.80. The molecule has 110 valence electrons. The summed E-state index contributed by atoms with van der Waals surface area (Å²) in [5.74, 6) is 1.67. The van der Waals surface area contributed by atoms with Crippen LogP contribution in [-0.4, -0.2) is 29.6 Å². The molecule has 0 spiro atoms.